The van der Waals surface area contributed by atoms with Gasteiger partial charge in [0.05, 0.1) is 12.5 Å². The molecule has 2 nitrogen and oxygen atoms in total. The van der Waals surface area contributed by atoms with Crippen molar-refractivity contribution < 1.29 is 4.79 Å². The fraction of sp³-hybridized carbons (Fsp3) is 0.316. The molecule has 3 rings (SSSR count). The molecule has 1 N–H and O–H groups in total. The lowest BCUT2D eigenvalue weighted by molar-refractivity contribution is -0.121. The highest BCUT2D eigenvalue weighted by atomic mass is 79.9. The van der Waals surface area contributed by atoms with Gasteiger partial charge in [0.25, 0.3) is 0 Å². The molecule has 1 unspecified atom stereocenters. The van der Waals surface area contributed by atoms with Crippen LogP contribution in [0.3, 0.4) is 0 Å². The first kappa shape index (κ1) is 15.3. The molecule has 0 saturated carbocycles. The molecule has 0 bridgehead atoms. The molecule has 1 amide bonds. The van der Waals surface area contributed by atoms with E-state index in [-0.39, 0.29) is 11.9 Å². The lowest BCUT2D eigenvalue weighted by Crippen LogP contribution is -2.28. The predicted octanol–water partition coefficient (Wildman–Crippen LogP) is 4.36. The molecule has 1 aliphatic rings. The number of aryl methyl sites for hydroxylation is 2. The zero-order chi connectivity index (χ0) is 15.5. The van der Waals surface area contributed by atoms with Crippen LogP contribution in [0.25, 0.3) is 0 Å². The smallest absolute Gasteiger partial charge is 0.224 e. The molecule has 22 heavy (non-hydrogen) atoms. The van der Waals surface area contributed by atoms with Crippen LogP contribution in [0.15, 0.2) is 46.9 Å². The van der Waals surface area contributed by atoms with Crippen LogP contribution in [0.2, 0.25) is 0 Å². The van der Waals surface area contributed by atoms with Crippen molar-refractivity contribution >= 4 is 21.8 Å². The van der Waals surface area contributed by atoms with Gasteiger partial charge in [-0.1, -0.05) is 46.3 Å². The van der Waals surface area contributed by atoms with E-state index >= 15 is 0 Å². The van der Waals surface area contributed by atoms with Gasteiger partial charge in [0, 0.05) is 4.47 Å². The summed E-state index contributed by atoms with van der Waals surface area (Å²) < 4.78 is 1.05. The van der Waals surface area contributed by atoms with Gasteiger partial charge >= 0.3 is 0 Å². The van der Waals surface area contributed by atoms with Crippen LogP contribution in [0.5, 0.6) is 0 Å². The molecule has 0 radical (unpaired) electrons. The molecule has 0 saturated heterocycles. The van der Waals surface area contributed by atoms with Gasteiger partial charge < -0.3 is 5.32 Å². The second-order valence-electron chi connectivity index (χ2n) is 5.97. The zero-order valence-electron chi connectivity index (χ0n) is 12.7. The Hall–Kier alpha value is -1.61. The Balaban J connectivity index is 1.61. The maximum atomic E-state index is 12.2. The number of nitrogens with one attached hydrogen (secondary N) is 1. The van der Waals surface area contributed by atoms with Gasteiger partial charge in [-0.3, -0.25) is 4.79 Å². The Kier molecular flexibility index (Phi) is 4.63. The Morgan fingerprint density at radius 1 is 1.14 bits per heavy atom. The maximum absolute atomic E-state index is 12.2. The summed E-state index contributed by atoms with van der Waals surface area (Å²) in [6, 6.07) is 14.6. The SMILES string of the molecule is CC(NC(=O)Cc1ccc2c(c1)CCC2)c1ccc(Br)cc1. The van der Waals surface area contributed by atoms with Crippen LogP contribution < -0.4 is 5.32 Å². The van der Waals surface area contributed by atoms with Crippen molar-refractivity contribution in [3.8, 4) is 0 Å². The highest BCUT2D eigenvalue weighted by Crippen LogP contribution is 2.23. The van der Waals surface area contributed by atoms with Gasteiger partial charge in [-0.15, -0.1) is 0 Å². The summed E-state index contributed by atoms with van der Waals surface area (Å²) in [7, 11) is 0. The van der Waals surface area contributed by atoms with E-state index in [1.807, 2.05) is 31.2 Å². The third-order valence-corrected chi connectivity index (χ3v) is 4.80. The van der Waals surface area contributed by atoms with Crippen LogP contribution in [-0.2, 0) is 24.1 Å². The average Bonchev–Trinajstić information content (AvgIpc) is 2.95. The van der Waals surface area contributed by atoms with Gasteiger partial charge in [0.15, 0.2) is 0 Å². The topological polar surface area (TPSA) is 29.1 Å². The number of fused-ring (bicyclic) bond motifs is 1. The molecule has 1 aliphatic carbocycles. The van der Waals surface area contributed by atoms with Crippen molar-refractivity contribution in [2.24, 2.45) is 0 Å². The largest absolute Gasteiger partial charge is 0.349 e. The lowest BCUT2D eigenvalue weighted by Gasteiger charge is -2.15. The monoisotopic (exact) mass is 357 g/mol. The Labute approximate surface area is 140 Å². The van der Waals surface area contributed by atoms with Crippen LogP contribution in [0.4, 0.5) is 0 Å². The molecule has 0 aromatic heterocycles. The lowest BCUT2D eigenvalue weighted by atomic mass is 10.0. The van der Waals surface area contributed by atoms with Crippen molar-refractivity contribution in [3.63, 3.8) is 0 Å². The van der Waals surface area contributed by atoms with E-state index in [0.29, 0.717) is 6.42 Å². The number of rotatable bonds is 4. The van der Waals surface area contributed by atoms with Crippen molar-refractivity contribution in [1.29, 1.82) is 0 Å². The van der Waals surface area contributed by atoms with Crippen LogP contribution in [0, 0.1) is 0 Å². The minimum absolute atomic E-state index is 0.0232. The number of hydrogen-bond donors (Lipinski definition) is 1. The number of benzene rings is 2. The number of amides is 1. The number of carbonyl (C=O) groups is 1. The van der Waals surface area contributed by atoms with Gasteiger partial charge in [0.1, 0.15) is 0 Å². The summed E-state index contributed by atoms with van der Waals surface area (Å²) in [5.74, 6) is 0.0772. The van der Waals surface area contributed by atoms with E-state index < -0.39 is 0 Å². The van der Waals surface area contributed by atoms with E-state index in [0.717, 1.165) is 22.0 Å². The fourth-order valence-corrected chi connectivity index (χ4v) is 3.31. The van der Waals surface area contributed by atoms with Gasteiger partial charge in [-0.2, -0.15) is 0 Å². The normalized spacial score (nSPS) is 14.5. The molecule has 0 fully saturated rings. The minimum Gasteiger partial charge on any atom is -0.349 e. The van der Waals surface area contributed by atoms with Crippen molar-refractivity contribution in [3.05, 3.63) is 69.2 Å². The molecule has 2 aromatic carbocycles. The van der Waals surface area contributed by atoms with Crippen LogP contribution in [-0.4, -0.2) is 5.91 Å². The molecule has 114 valence electrons. The molecule has 0 heterocycles. The molecule has 0 spiro atoms. The first-order valence-corrected chi connectivity index (χ1v) is 8.56. The second kappa shape index (κ2) is 6.66. The fourth-order valence-electron chi connectivity index (χ4n) is 3.05. The van der Waals surface area contributed by atoms with E-state index in [1.165, 1.54) is 24.0 Å². The molecular formula is C19H20BrNO. The zero-order valence-corrected chi connectivity index (χ0v) is 14.3. The van der Waals surface area contributed by atoms with Crippen molar-refractivity contribution in [1.82, 2.24) is 5.32 Å². The number of halogens is 1. The summed E-state index contributed by atoms with van der Waals surface area (Å²) in [6.45, 7) is 2.02. The van der Waals surface area contributed by atoms with Crippen LogP contribution >= 0.6 is 15.9 Å². The van der Waals surface area contributed by atoms with Gasteiger partial charge in [0.2, 0.25) is 5.91 Å². The number of carbonyl (C=O) groups excluding carboxylic acids is 1. The molecule has 1 atom stereocenters. The van der Waals surface area contributed by atoms with E-state index in [1.54, 1.807) is 0 Å². The minimum atomic E-state index is 0.0232. The summed E-state index contributed by atoms with van der Waals surface area (Å²) in [4.78, 5) is 12.2. The van der Waals surface area contributed by atoms with Gasteiger partial charge in [-0.05, 0) is 60.6 Å². The van der Waals surface area contributed by atoms with Gasteiger partial charge in [-0.25, -0.2) is 0 Å². The molecule has 3 heteroatoms. The summed E-state index contributed by atoms with van der Waals surface area (Å²) in [5.41, 5.74) is 5.10. The third kappa shape index (κ3) is 3.58. The molecule has 0 aliphatic heterocycles. The average molecular weight is 358 g/mol. The quantitative estimate of drug-likeness (QED) is 0.865. The van der Waals surface area contributed by atoms with E-state index in [4.69, 9.17) is 0 Å². The van der Waals surface area contributed by atoms with Crippen LogP contribution in [0.1, 0.15) is 41.6 Å². The Morgan fingerprint density at radius 3 is 2.64 bits per heavy atom. The number of hydrogen-bond acceptors (Lipinski definition) is 1. The Morgan fingerprint density at radius 2 is 1.86 bits per heavy atom. The maximum Gasteiger partial charge on any atom is 0.224 e. The molecular weight excluding hydrogens is 338 g/mol. The van der Waals surface area contributed by atoms with Crippen molar-refractivity contribution in [2.75, 3.05) is 0 Å². The Bertz CT molecular complexity index is 678. The van der Waals surface area contributed by atoms with Crippen molar-refractivity contribution in [2.45, 2.75) is 38.6 Å². The van der Waals surface area contributed by atoms with E-state index in [2.05, 4.69) is 39.4 Å². The first-order valence-electron chi connectivity index (χ1n) is 7.77. The first-order chi connectivity index (χ1) is 10.6. The highest BCUT2D eigenvalue weighted by molar-refractivity contribution is 9.10. The standard InChI is InChI=1S/C19H20BrNO/c1-13(15-7-9-18(20)10-8-15)21-19(22)12-14-5-6-16-3-2-4-17(16)11-14/h5-11,13H,2-4,12H2,1H3,(H,21,22). The summed E-state index contributed by atoms with van der Waals surface area (Å²) in [5, 5.41) is 3.08. The van der Waals surface area contributed by atoms with E-state index in [9.17, 15) is 4.79 Å². The third-order valence-electron chi connectivity index (χ3n) is 4.28. The highest BCUT2D eigenvalue weighted by Gasteiger charge is 2.13. The predicted molar refractivity (Wildman–Crippen MR) is 92.9 cm³/mol. The molecule has 2 aromatic rings. The summed E-state index contributed by atoms with van der Waals surface area (Å²) >= 11 is 3.43. The second-order valence-corrected chi connectivity index (χ2v) is 6.89. The summed E-state index contributed by atoms with van der Waals surface area (Å²) in [6.07, 6.45) is 4.03.